The van der Waals surface area contributed by atoms with Crippen LogP contribution in [0.2, 0.25) is 0 Å². The molecule has 6 rings (SSSR count). The minimum atomic E-state index is 0.382. The van der Waals surface area contributed by atoms with Crippen LogP contribution in [0.15, 0.2) is 72.8 Å². The lowest BCUT2D eigenvalue weighted by molar-refractivity contribution is -0.966. The van der Waals surface area contributed by atoms with Gasteiger partial charge in [0.05, 0.1) is 13.2 Å². The molecule has 1 aliphatic carbocycles. The van der Waals surface area contributed by atoms with Crippen LogP contribution in [0.5, 0.6) is 0 Å². The van der Waals surface area contributed by atoms with E-state index in [0.717, 1.165) is 19.1 Å². The predicted octanol–water partition coefficient (Wildman–Crippen LogP) is 5.94. The fourth-order valence-electron chi connectivity index (χ4n) is 7.36. The van der Waals surface area contributed by atoms with Crippen molar-refractivity contribution in [2.75, 3.05) is 13.1 Å². The van der Waals surface area contributed by atoms with Crippen molar-refractivity contribution in [1.29, 1.82) is 0 Å². The molecule has 2 heteroatoms. The van der Waals surface area contributed by atoms with Gasteiger partial charge in [0.15, 0.2) is 0 Å². The third-order valence-corrected chi connectivity index (χ3v) is 8.92. The predicted molar refractivity (Wildman–Crippen MR) is 122 cm³/mol. The molecule has 3 fully saturated rings. The second-order valence-electron chi connectivity index (χ2n) is 10.1. The van der Waals surface area contributed by atoms with Gasteiger partial charge in [0.1, 0.15) is 24.7 Å². The van der Waals surface area contributed by atoms with Crippen LogP contribution in [0.1, 0.15) is 37.3 Å². The number of benzene rings is 3. The Balaban J connectivity index is 1.29. The van der Waals surface area contributed by atoms with Crippen molar-refractivity contribution < 1.29 is 9.22 Å². The Kier molecular flexibility index (Phi) is 4.30. The van der Waals surface area contributed by atoms with Crippen molar-refractivity contribution in [2.45, 2.75) is 51.0 Å². The molecule has 2 nitrogen and oxygen atoms in total. The first kappa shape index (κ1) is 18.6. The number of rotatable bonds is 5. The van der Waals surface area contributed by atoms with Crippen LogP contribution in [0, 0.1) is 11.8 Å². The summed E-state index contributed by atoms with van der Waals surface area (Å²) in [5.74, 6) is 1.57. The lowest BCUT2D eigenvalue weighted by atomic mass is 9.83. The molecular formula is C28H32NO+. The zero-order valence-electron chi connectivity index (χ0n) is 18.0. The fourth-order valence-corrected chi connectivity index (χ4v) is 7.36. The van der Waals surface area contributed by atoms with E-state index in [1.807, 2.05) is 0 Å². The topological polar surface area (TPSA) is 9.23 Å². The van der Waals surface area contributed by atoms with Crippen molar-refractivity contribution in [3.8, 4) is 0 Å². The summed E-state index contributed by atoms with van der Waals surface area (Å²) in [5.41, 5.74) is 3.17. The first-order valence-electron chi connectivity index (χ1n) is 11.7. The van der Waals surface area contributed by atoms with E-state index in [1.54, 1.807) is 0 Å². The maximum Gasteiger partial charge on any atom is 0.116 e. The molecule has 5 atom stereocenters. The molecule has 3 aromatic carbocycles. The molecule has 2 saturated heterocycles. The fraction of sp³-hybridized carbons (Fsp3) is 0.429. The average molecular weight is 399 g/mol. The molecule has 2 aliphatic heterocycles. The van der Waals surface area contributed by atoms with Gasteiger partial charge in [0, 0.05) is 23.8 Å². The van der Waals surface area contributed by atoms with Crippen LogP contribution < -0.4 is 0 Å². The minimum absolute atomic E-state index is 0.382. The van der Waals surface area contributed by atoms with Crippen LogP contribution in [0.4, 0.5) is 0 Å². The summed E-state index contributed by atoms with van der Waals surface area (Å²) in [6.45, 7) is 7.00. The Morgan fingerprint density at radius 2 is 1.67 bits per heavy atom. The molecule has 0 aromatic heterocycles. The van der Waals surface area contributed by atoms with E-state index >= 15 is 0 Å². The highest BCUT2D eigenvalue weighted by Gasteiger charge is 2.71. The molecule has 0 unspecified atom stereocenters. The van der Waals surface area contributed by atoms with Crippen LogP contribution in [0.3, 0.4) is 0 Å². The zero-order chi connectivity index (χ0) is 20.2. The molecule has 0 N–H and O–H groups in total. The summed E-state index contributed by atoms with van der Waals surface area (Å²) in [7, 11) is 0. The van der Waals surface area contributed by atoms with E-state index in [1.165, 1.54) is 58.7 Å². The lowest BCUT2D eigenvalue weighted by Crippen LogP contribution is -2.57. The molecule has 3 aliphatic rings. The monoisotopic (exact) mass is 398 g/mol. The van der Waals surface area contributed by atoms with Crippen LogP contribution >= 0.6 is 0 Å². The standard InChI is InChI=1S/C28H32NO/c1-28-25-13-14-26(28)27(30-20-21-7-3-2-4-8-21)19-29(28,16-15-25)18-22-11-12-23-9-5-6-10-24(23)17-22/h2-12,17,25-27H,13-16,18-20H2,1H3/q+1/t25-,26+,27-,28+,29+/m0/s1. The molecule has 2 heterocycles. The van der Waals surface area contributed by atoms with Crippen LogP contribution in [0.25, 0.3) is 10.8 Å². The summed E-state index contributed by atoms with van der Waals surface area (Å²) in [6, 6.07) is 26.6. The third-order valence-electron chi connectivity index (χ3n) is 8.92. The largest absolute Gasteiger partial charge is 0.367 e. The summed E-state index contributed by atoms with van der Waals surface area (Å²) in [4.78, 5) is 0. The Labute approximate surface area is 180 Å². The molecule has 0 bridgehead atoms. The Morgan fingerprint density at radius 3 is 2.53 bits per heavy atom. The zero-order valence-corrected chi connectivity index (χ0v) is 18.0. The number of nitrogens with zero attached hydrogens (tertiary/aromatic N) is 1. The maximum absolute atomic E-state index is 6.64. The maximum atomic E-state index is 6.64. The van der Waals surface area contributed by atoms with Crippen molar-refractivity contribution in [3.05, 3.63) is 83.9 Å². The minimum Gasteiger partial charge on any atom is -0.367 e. The van der Waals surface area contributed by atoms with E-state index in [-0.39, 0.29) is 0 Å². The molecular weight excluding hydrogens is 366 g/mol. The van der Waals surface area contributed by atoms with Gasteiger partial charge >= 0.3 is 0 Å². The Bertz CT molecular complexity index is 1060. The molecule has 30 heavy (non-hydrogen) atoms. The van der Waals surface area contributed by atoms with Gasteiger partial charge in [-0.15, -0.1) is 0 Å². The normalized spacial score (nSPS) is 34.5. The summed E-state index contributed by atoms with van der Waals surface area (Å²) in [6.07, 6.45) is 4.52. The number of hydrogen-bond donors (Lipinski definition) is 0. The van der Waals surface area contributed by atoms with Gasteiger partial charge in [-0.1, -0.05) is 66.7 Å². The first-order chi connectivity index (χ1) is 14.7. The highest BCUT2D eigenvalue weighted by molar-refractivity contribution is 5.82. The third kappa shape index (κ3) is 2.70. The van der Waals surface area contributed by atoms with Gasteiger partial charge in [0.2, 0.25) is 0 Å². The van der Waals surface area contributed by atoms with E-state index < -0.39 is 0 Å². The smallest absolute Gasteiger partial charge is 0.116 e. The van der Waals surface area contributed by atoms with Crippen LogP contribution in [-0.2, 0) is 17.9 Å². The van der Waals surface area contributed by atoms with Gasteiger partial charge in [0.25, 0.3) is 0 Å². The second-order valence-corrected chi connectivity index (χ2v) is 10.1. The Hall–Kier alpha value is -2.16. The summed E-state index contributed by atoms with van der Waals surface area (Å²) < 4.78 is 7.87. The van der Waals surface area contributed by atoms with Crippen molar-refractivity contribution in [2.24, 2.45) is 11.8 Å². The van der Waals surface area contributed by atoms with Gasteiger partial charge in [-0.05, 0) is 42.2 Å². The van der Waals surface area contributed by atoms with Gasteiger partial charge in [-0.25, -0.2) is 0 Å². The van der Waals surface area contributed by atoms with Gasteiger partial charge in [-0.2, -0.15) is 0 Å². The van der Waals surface area contributed by atoms with E-state index in [2.05, 4.69) is 79.7 Å². The molecule has 0 radical (unpaired) electrons. The lowest BCUT2D eigenvalue weighted by Gasteiger charge is -2.44. The van der Waals surface area contributed by atoms with Crippen molar-refractivity contribution in [1.82, 2.24) is 0 Å². The number of quaternary nitrogens is 1. The number of fused-ring (bicyclic) bond motifs is 1. The number of ether oxygens (including phenoxy) is 1. The van der Waals surface area contributed by atoms with Crippen LogP contribution in [-0.4, -0.2) is 29.2 Å². The van der Waals surface area contributed by atoms with Gasteiger partial charge < -0.3 is 9.22 Å². The quantitative estimate of drug-likeness (QED) is 0.483. The molecule has 3 aromatic rings. The SMILES string of the molecule is C[C@@]12[C@H]3CC[C@@H]1[C@@H](OCc1ccccc1)C[N@+]2(Cc1ccc2ccccc2c1)CC3. The van der Waals surface area contributed by atoms with E-state index in [4.69, 9.17) is 4.74 Å². The van der Waals surface area contributed by atoms with Gasteiger partial charge in [-0.3, -0.25) is 0 Å². The summed E-state index contributed by atoms with van der Waals surface area (Å²) >= 11 is 0. The van der Waals surface area contributed by atoms with Crippen molar-refractivity contribution in [3.63, 3.8) is 0 Å². The highest BCUT2D eigenvalue weighted by Crippen LogP contribution is 2.61. The Morgan fingerprint density at radius 1 is 0.867 bits per heavy atom. The summed E-state index contributed by atoms with van der Waals surface area (Å²) in [5, 5.41) is 2.71. The van der Waals surface area contributed by atoms with Crippen molar-refractivity contribution >= 4 is 10.8 Å². The van der Waals surface area contributed by atoms with E-state index in [9.17, 15) is 0 Å². The molecule has 1 saturated carbocycles. The number of hydrogen-bond acceptors (Lipinski definition) is 1. The second kappa shape index (κ2) is 6.93. The highest BCUT2D eigenvalue weighted by atomic mass is 16.5. The first-order valence-corrected chi connectivity index (χ1v) is 11.7. The molecule has 0 amide bonds. The molecule has 0 spiro atoms. The van der Waals surface area contributed by atoms with E-state index in [0.29, 0.717) is 17.6 Å². The average Bonchev–Trinajstić information content (AvgIpc) is 3.35. The molecule has 154 valence electrons.